The Kier molecular flexibility index (Phi) is 6.36. The fraction of sp³-hybridized carbons (Fsp3) is 0.500. The molecule has 0 aliphatic rings. The summed E-state index contributed by atoms with van der Waals surface area (Å²) >= 11 is 0. The van der Waals surface area contributed by atoms with Gasteiger partial charge in [0, 0.05) is 26.7 Å². The number of sulfonamides is 1. The topological polar surface area (TPSA) is 67.4 Å². The lowest BCUT2D eigenvalue weighted by Gasteiger charge is -2.08. The first-order chi connectivity index (χ1) is 8.95. The summed E-state index contributed by atoms with van der Waals surface area (Å²) < 4.78 is 44.2. The summed E-state index contributed by atoms with van der Waals surface area (Å²) in [5, 5.41) is 3.01. The van der Waals surface area contributed by atoms with Gasteiger partial charge in [0.05, 0.1) is 11.5 Å². The second kappa shape index (κ2) is 7.54. The van der Waals surface area contributed by atoms with Crippen molar-refractivity contribution in [3.05, 3.63) is 29.6 Å². The molecule has 108 valence electrons. The minimum atomic E-state index is -3.66. The van der Waals surface area contributed by atoms with E-state index in [4.69, 9.17) is 4.74 Å². The summed E-state index contributed by atoms with van der Waals surface area (Å²) in [5.74, 6) is -0.557. The number of rotatable bonds is 8. The Labute approximate surface area is 113 Å². The predicted octanol–water partition coefficient (Wildman–Crippen LogP) is 0.648. The molecule has 0 saturated carbocycles. The average molecular weight is 290 g/mol. The number of nitrogens with one attached hydrogen (secondary N) is 2. The Morgan fingerprint density at radius 3 is 2.58 bits per heavy atom. The smallest absolute Gasteiger partial charge is 0.240 e. The van der Waals surface area contributed by atoms with Crippen LogP contribution in [0.4, 0.5) is 4.39 Å². The molecule has 0 aliphatic heterocycles. The zero-order chi connectivity index (χ0) is 14.3. The van der Waals surface area contributed by atoms with Crippen molar-refractivity contribution >= 4 is 10.0 Å². The summed E-state index contributed by atoms with van der Waals surface area (Å²) in [6.45, 7) is 3.58. The summed E-state index contributed by atoms with van der Waals surface area (Å²) in [6, 6.07) is 3.72. The number of hydrogen-bond donors (Lipinski definition) is 2. The van der Waals surface area contributed by atoms with Crippen molar-refractivity contribution in [2.24, 2.45) is 0 Å². The molecule has 19 heavy (non-hydrogen) atoms. The number of aryl methyl sites for hydroxylation is 1. The summed E-state index contributed by atoms with van der Waals surface area (Å²) in [4.78, 5) is -0.0538. The largest absolute Gasteiger partial charge is 0.383 e. The Bertz CT molecular complexity index is 485. The van der Waals surface area contributed by atoms with Crippen molar-refractivity contribution in [3.63, 3.8) is 0 Å². The molecule has 0 spiro atoms. The number of ether oxygens (including phenoxy) is 1. The molecule has 0 unspecified atom stereocenters. The molecule has 1 rings (SSSR count). The van der Waals surface area contributed by atoms with Gasteiger partial charge in [-0.1, -0.05) is 0 Å². The molecule has 7 heteroatoms. The molecule has 0 aromatic heterocycles. The van der Waals surface area contributed by atoms with Crippen LogP contribution in [0, 0.1) is 12.7 Å². The van der Waals surface area contributed by atoms with Crippen LogP contribution in [0.5, 0.6) is 0 Å². The fourth-order valence-corrected chi connectivity index (χ4v) is 2.66. The van der Waals surface area contributed by atoms with Crippen LogP contribution >= 0.6 is 0 Å². The maximum Gasteiger partial charge on any atom is 0.240 e. The Balaban J connectivity index is 2.51. The van der Waals surface area contributed by atoms with Crippen molar-refractivity contribution in [2.45, 2.75) is 11.8 Å². The van der Waals surface area contributed by atoms with Gasteiger partial charge in [-0.15, -0.1) is 0 Å². The maximum atomic E-state index is 13.2. The van der Waals surface area contributed by atoms with E-state index in [-0.39, 0.29) is 11.4 Å². The summed E-state index contributed by atoms with van der Waals surface area (Å²) in [7, 11) is -2.07. The van der Waals surface area contributed by atoms with Gasteiger partial charge in [-0.3, -0.25) is 0 Å². The highest BCUT2D eigenvalue weighted by Crippen LogP contribution is 2.13. The number of hydrogen-bond acceptors (Lipinski definition) is 4. The molecule has 0 radical (unpaired) electrons. The highest BCUT2D eigenvalue weighted by Gasteiger charge is 2.14. The minimum Gasteiger partial charge on any atom is -0.383 e. The van der Waals surface area contributed by atoms with E-state index in [1.807, 2.05) is 0 Å². The zero-order valence-corrected chi connectivity index (χ0v) is 11.9. The molecular weight excluding hydrogens is 271 g/mol. The van der Waals surface area contributed by atoms with Crippen LogP contribution in [0.25, 0.3) is 0 Å². The lowest BCUT2D eigenvalue weighted by molar-refractivity contribution is 0.199. The monoisotopic (exact) mass is 290 g/mol. The zero-order valence-electron chi connectivity index (χ0n) is 11.1. The number of benzene rings is 1. The van der Waals surface area contributed by atoms with Crippen molar-refractivity contribution in [1.82, 2.24) is 10.0 Å². The quantitative estimate of drug-likeness (QED) is 0.690. The van der Waals surface area contributed by atoms with Crippen molar-refractivity contribution in [3.8, 4) is 0 Å². The molecule has 0 bridgehead atoms. The molecule has 0 aliphatic carbocycles. The first-order valence-corrected chi connectivity index (χ1v) is 7.40. The predicted molar refractivity (Wildman–Crippen MR) is 71.1 cm³/mol. The van der Waals surface area contributed by atoms with E-state index in [2.05, 4.69) is 10.0 Å². The van der Waals surface area contributed by atoms with Gasteiger partial charge in [-0.2, -0.15) is 0 Å². The first-order valence-electron chi connectivity index (χ1n) is 5.92. The third-order valence-corrected chi connectivity index (χ3v) is 3.84. The lowest BCUT2D eigenvalue weighted by Crippen LogP contribution is -2.33. The minimum absolute atomic E-state index is 0.0538. The molecule has 0 amide bonds. The van der Waals surface area contributed by atoms with Crippen LogP contribution < -0.4 is 10.0 Å². The average Bonchev–Trinajstić information content (AvgIpc) is 2.32. The van der Waals surface area contributed by atoms with Crippen molar-refractivity contribution in [2.75, 3.05) is 33.4 Å². The second-order valence-corrected chi connectivity index (χ2v) is 5.87. The van der Waals surface area contributed by atoms with Gasteiger partial charge in [0.15, 0.2) is 0 Å². The Morgan fingerprint density at radius 1 is 1.21 bits per heavy atom. The molecule has 5 nitrogen and oxygen atoms in total. The maximum absolute atomic E-state index is 13.2. The van der Waals surface area contributed by atoms with Crippen LogP contribution in [-0.4, -0.2) is 41.8 Å². The molecule has 0 atom stereocenters. The van der Waals surface area contributed by atoms with Crippen LogP contribution in [-0.2, 0) is 14.8 Å². The molecule has 1 aromatic carbocycles. The van der Waals surface area contributed by atoms with Crippen molar-refractivity contribution in [1.29, 1.82) is 0 Å². The summed E-state index contributed by atoms with van der Waals surface area (Å²) in [5.41, 5.74) is 0.568. The van der Waals surface area contributed by atoms with Gasteiger partial charge in [-0.25, -0.2) is 17.5 Å². The third-order valence-electron chi connectivity index (χ3n) is 2.40. The summed E-state index contributed by atoms with van der Waals surface area (Å²) in [6.07, 6.45) is 0. The van der Waals surface area contributed by atoms with Crippen molar-refractivity contribution < 1.29 is 17.5 Å². The first kappa shape index (κ1) is 16.0. The Morgan fingerprint density at radius 2 is 1.95 bits per heavy atom. The normalized spacial score (nSPS) is 11.7. The molecule has 2 N–H and O–H groups in total. The highest BCUT2D eigenvalue weighted by atomic mass is 32.2. The molecule has 0 saturated heterocycles. The molecule has 1 aromatic rings. The number of methoxy groups -OCH3 is 1. The van der Waals surface area contributed by atoms with Crippen LogP contribution in [0.2, 0.25) is 0 Å². The van der Waals surface area contributed by atoms with Gasteiger partial charge in [0.25, 0.3) is 0 Å². The van der Waals surface area contributed by atoms with Gasteiger partial charge >= 0.3 is 0 Å². The van der Waals surface area contributed by atoms with E-state index in [0.717, 1.165) is 6.07 Å². The standard InChI is InChI=1S/C12H19FN2O3S/c1-10-7-11(13)9-12(8-10)19(16,17)15-4-3-14-5-6-18-2/h7-9,14-15H,3-6H2,1-2H3. The van der Waals surface area contributed by atoms with E-state index in [1.165, 1.54) is 12.1 Å². The molecular formula is C12H19FN2O3S. The van der Waals surface area contributed by atoms with Crippen LogP contribution in [0.3, 0.4) is 0 Å². The van der Waals surface area contributed by atoms with Crippen LogP contribution in [0.1, 0.15) is 5.56 Å². The fourth-order valence-electron chi connectivity index (χ4n) is 1.51. The van der Waals surface area contributed by atoms with Crippen LogP contribution in [0.15, 0.2) is 23.1 Å². The molecule has 0 fully saturated rings. The number of halogens is 1. The molecule has 0 heterocycles. The van der Waals surface area contributed by atoms with E-state index < -0.39 is 15.8 Å². The van der Waals surface area contributed by atoms with Gasteiger partial charge in [0.1, 0.15) is 5.82 Å². The Hall–Kier alpha value is -1.02. The van der Waals surface area contributed by atoms with Gasteiger partial charge in [-0.05, 0) is 30.7 Å². The van der Waals surface area contributed by atoms with Gasteiger partial charge in [0.2, 0.25) is 10.0 Å². The SMILES string of the molecule is COCCNCCNS(=O)(=O)c1cc(C)cc(F)c1. The van der Waals surface area contributed by atoms with Gasteiger partial charge < -0.3 is 10.1 Å². The third kappa shape index (κ3) is 5.65. The van der Waals surface area contributed by atoms with E-state index >= 15 is 0 Å². The van der Waals surface area contributed by atoms with E-state index in [9.17, 15) is 12.8 Å². The van der Waals surface area contributed by atoms with E-state index in [1.54, 1.807) is 14.0 Å². The lowest BCUT2D eigenvalue weighted by atomic mass is 10.2. The second-order valence-electron chi connectivity index (χ2n) is 4.10. The highest BCUT2D eigenvalue weighted by molar-refractivity contribution is 7.89. The van der Waals surface area contributed by atoms with E-state index in [0.29, 0.717) is 25.3 Å².